The van der Waals surface area contributed by atoms with Crippen LogP contribution in [0, 0.1) is 20.8 Å². The van der Waals surface area contributed by atoms with Crippen LogP contribution in [0.1, 0.15) is 32.6 Å². The molecular formula is C20H24N2O2S. The first-order chi connectivity index (χ1) is 11.8. The van der Waals surface area contributed by atoms with Gasteiger partial charge in [0, 0.05) is 19.8 Å². The summed E-state index contributed by atoms with van der Waals surface area (Å²) in [4.78, 5) is 14.3. The lowest BCUT2D eigenvalue weighted by Gasteiger charge is -2.18. The summed E-state index contributed by atoms with van der Waals surface area (Å²) >= 11 is 5.28. The summed E-state index contributed by atoms with van der Waals surface area (Å²) in [5.41, 5.74) is 5.42. The summed E-state index contributed by atoms with van der Waals surface area (Å²) in [6.07, 6.45) is 0. The third kappa shape index (κ3) is 5.03. The first-order valence-corrected chi connectivity index (χ1v) is 8.51. The molecule has 132 valence electrons. The number of ether oxygens (including phenoxy) is 1. The highest BCUT2D eigenvalue weighted by Gasteiger charge is 2.14. The minimum Gasteiger partial charge on any atom is -0.457 e. The van der Waals surface area contributed by atoms with Crippen LogP contribution >= 0.6 is 12.2 Å². The lowest BCUT2D eigenvalue weighted by atomic mass is 10.0. The van der Waals surface area contributed by atoms with Gasteiger partial charge in [-0.3, -0.25) is 0 Å². The van der Waals surface area contributed by atoms with Crippen LogP contribution in [0.2, 0.25) is 0 Å². The van der Waals surface area contributed by atoms with Gasteiger partial charge in [0.15, 0.2) is 5.11 Å². The van der Waals surface area contributed by atoms with Crippen molar-refractivity contribution in [1.29, 1.82) is 0 Å². The van der Waals surface area contributed by atoms with E-state index in [2.05, 4.69) is 5.32 Å². The molecule has 0 amide bonds. The van der Waals surface area contributed by atoms with Crippen molar-refractivity contribution < 1.29 is 9.53 Å². The van der Waals surface area contributed by atoms with Gasteiger partial charge in [-0.2, -0.15) is 0 Å². The van der Waals surface area contributed by atoms with Gasteiger partial charge in [0.25, 0.3) is 0 Å². The summed E-state index contributed by atoms with van der Waals surface area (Å²) in [6.45, 7) is 6.13. The molecule has 0 aliphatic carbocycles. The largest absolute Gasteiger partial charge is 0.457 e. The van der Waals surface area contributed by atoms with Crippen LogP contribution in [0.4, 0.5) is 5.69 Å². The van der Waals surface area contributed by atoms with Crippen LogP contribution in [0.15, 0.2) is 36.4 Å². The fraction of sp³-hybridized carbons (Fsp3) is 0.300. The Morgan fingerprint density at radius 1 is 1.08 bits per heavy atom. The predicted molar refractivity (Wildman–Crippen MR) is 106 cm³/mol. The molecule has 0 bridgehead atoms. The molecule has 0 saturated heterocycles. The number of carbonyl (C=O) groups excluding carboxylic acids is 1. The van der Waals surface area contributed by atoms with Crippen LogP contribution in [0.5, 0.6) is 0 Å². The Balaban J connectivity index is 2.10. The number of esters is 1. The molecule has 0 unspecified atom stereocenters. The Morgan fingerprint density at radius 3 is 2.32 bits per heavy atom. The average molecular weight is 356 g/mol. The number of nitrogens with one attached hydrogen (secondary N) is 1. The molecule has 0 aliphatic rings. The molecule has 2 aromatic rings. The summed E-state index contributed by atoms with van der Waals surface area (Å²) in [6, 6.07) is 11.7. The van der Waals surface area contributed by atoms with E-state index in [9.17, 15) is 4.79 Å². The molecule has 0 fully saturated rings. The first-order valence-electron chi connectivity index (χ1n) is 8.10. The Labute approximate surface area is 154 Å². The second-order valence-corrected chi connectivity index (χ2v) is 6.76. The zero-order valence-electron chi connectivity index (χ0n) is 15.3. The normalized spacial score (nSPS) is 10.3. The maximum absolute atomic E-state index is 12.4. The highest BCUT2D eigenvalue weighted by atomic mass is 32.1. The van der Waals surface area contributed by atoms with Gasteiger partial charge in [0.05, 0.1) is 5.56 Å². The SMILES string of the molecule is Cc1ccc(COC(=O)c2cc(C)c(NC(=S)N(C)C)cc2C)cc1. The van der Waals surface area contributed by atoms with Gasteiger partial charge in [-0.05, 0) is 61.8 Å². The van der Waals surface area contributed by atoms with Gasteiger partial charge in [-0.1, -0.05) is 29.8 Å². The molecule has 0 saturated carbocycles. The first kappa shape index (κ1) is 18.9. The number of rotatable bonds is 4. The van der Waals surface area contributed by atoms with Crippen LogP contribution < -0.4 is 5.32 Å². The molecule has 0 aliphatic heterocycles. The molecular weight excluding hydrogens is 332 g/mol. The number of hydrogen-bond donors (Lipinski definition) is 1. The Bertz CT molecular complexity index is 783. The number of benzene rings is 2. The number of carbonyl (C=O) groups is 1. The van der Waals surface area contributed by atoms with Crippen molar-refractivity contribution in [3.8, 4) is 0 Å². The smallest absolute Gasteiger partial charge is 0.338 e. The second kappa shape index (κ2) is 8.12. The van der Waals surface area contributed by atoms with E-state index in [0.717, 1.165) is 22.4 Å². The maximum Gasteiger partial charge on any atom is 0.338 e. The second-order valence-electron chi connectivity index (χ2n) is 6.37. The topological polar surface area (TPSA) is 41.6 Å². The number of nitrogens with zero attached hydrogens (tertiary/aromatic N) is 1. The Morgan fingerprint density at radius 2 is 1.72 bits per heavy atom. The minimum atomic E-state index is -0.317. The highest BCUT2D eigenvalue weighted by Crippen LogP contribution is 2.22. The summed E-state index contributed by atoms with van der Waals surface area (Å²) in [7, 11) is 3.77. The third-order valence-electron chi connectivity index (χ3n) is 3.93. The summed E-state index contributed by atoms with van der Waals surface area (Å²) in [5, 5.41) is 3.81. The van der Waals surface area contributed by atoms with Crippen LogP contribution in [0.3, 0.4) is 0 Å². The molecule has 0 atom stereocenters. The molecule has 0 spiro atoms. The zero-order chi connectivity index (χ0) is 18.6. The summed E-state index contributed by atoms with van der Waals surface area (Å²) < 4.78 is 5.46. The molecule has 25 heavy (non-hydrogen) atoms. The quantitative estimate of drug-likeness (QED) is 0.656. The zero-order valence-corrected chi connectivity index (χ0v) is 16.2. The number of anilines is 1. The Hall–Kier alpha value is -2.40. The molecule has 0 heterocycles. The van der Waals surface area contributed by atoms with Gasteiger partial charge < -0.3 is 15.0 Å². The lowest BCUT2D eigenvalue weighted by Crippen LogP contribution is -2.27. The number of aryl methyl sites for hydroxylation is 3. The monoisotopic (exact) mass is 356 g/mol. The van der Waals surface area contributed by atoms with E-state index in [-0.39, 0.29) is 12.6 Å². The molecule has 2 aromatic carbocycles. The van der Waals surface area contributed by atoms with E-state index in [1.54, 1.807) is 0 Å². The summed E-state index contributed by atoms with van der Waals surface area (Å²) in [5.74, 6) is -0.317. The van der Waals surface area contributed by atoms with Crippen LogP contribution in [-0.4, -0.2) is 30.1 Å². The van der Waals surface area contributed by atoms with Crippen molar-refractivity contribution in [1.82, 2.24) is 4.90 Å². The van der Waals surface area contributed by atoms with Crippen molar-refractivity contribution in [2.24, 2.45) is 0 Å². The third-order valence-corrected chi connectivity index (χ3v) is 4.40. The van der Waals surface area contributed by atoms with Crippen molar-refractivity contribution in [2.75, 3.05) is 19.4 Å². The van der Waals surface area contributed by atoms with Crippen molar-refractivity contribution in [3.63, 3.8) is 0 Å². The van der Waals surface area contributed by atoms with Crippen LogP contribution in [0.25, 0.3) is 0 Å². The van der Waals surface area contributed by atoms with E-state index in [1.807, 2.05) is 76.2 Å². The van der Waals surface area contributed by atoms with E-state index < -0.39 is 0 Å². The minimum absolute atomic E-state index is 0.266. The van der Waals surface area contributed by atoms with Gasteiger partial charge >= 0.3 is 5.97 Å². The molecule has 1 N–H and O–H groups in total. The van der Waals surface area contributed by atoms with E-state index in [0.29, 0.717) is 10.7 Å². The van der Waals surface area contributed by atoms with Gasteiger partial charge in [-0.15, -0.1) is 0 Å². The fourth-order valence-corrected chi connectivity index (χ4v) is 2.42. The number of thiocarbonyl (C=S) groups is 1. The lowest BCUT2D eigenvalue weighted by molar-refractivity contribution is 0.0472. The maximum atomic E-state index is 12.4. The van der Waals surface area contributed by atoms with E-state index in [1.165, 1.54) is 5.56 Å². The predicted octanol–water partition coefficient (Wildman–Crippen LogP) is 4.23. The van der Waals surface area contributed by atoms with Crippen LogP contribution in [-0.2, 0) is 11.3 Å². The van der Waals surface area contributed by atoms with Gasteiger partial charge in [-0.25, -0.2) is 4.79 Å². The highest BCUT2D eigenvalue weighted by molar-refractivity contribution is 7.80. The molecule has 5 heteroatoms. The average Bonchev–Trinajstić information content (AvgIpc) is 2.56. The van der Waals surface area contributed by atoms with Gasteiger partial charge in [0.2, 0.25) is 0 Å². The van der Waals surface area contributed by atoms with E-state index in [4.69, 9.17) is 17.0 Å². The van der Waals surface area contributed by atoms with Crippen molar-refractivity contribution in [3.05, 3.63) is 64.2 Å². The van der Waals surface area contributed by atoms with Crippen molar-refractivity contribution in [2.45, 2.75) is 27.4 Å². The molecule has 4 nitrogen and oxygen atoms in total. The fourth-order valence-electron chi connectivity index (χ4n) is 2.31. The molecule has 2 rings (SSSR count). The molecule has 0 radical (unpaired) electrons. The number of hydrogen-bond acceptors (Lipinski definition) is 3. The van der Waals surface area contributed by atoms with E-state index >= 15 is 0 Å². The van der Waals surface area contributed by atoms with Gasteiger partial charge in [0.1, 0.15) is 6.61 Å². The van der Waals surface area contributed by atoms with Crippen molar-refractivity contribution >= 4 is 29.0 Å². The standard InChI is InChI=1S/C20H24N2O2S/c1-13-6-8-16(9-7-13)12-24-19(23)17-10-15(3)18(11-14(17)2)21-20(25)22(4)5/h6-11H,12H2,1-5H3,(H,21,25). The Kier molecular flexibility index (Phi) is 6.15. The molecule has 0 aromatic heterocycles.